The second-order valence-corrected chi connectivity index (χ2v) is 3.78. The molecule has 0 radical (unpaired) electrons. The number of pyridine rings is 1. The number of hydrogen-bond acceptors (Lipinski definition) is 4. The average molecular weight is 245 g/mol. The topological polar surface area (TPSA) is 71.8 Å². The third kappa shape index (κ3) is 3.31. The van der Waals surface area contributed by atoms with Gasteiger partial charge >= 0.3 is 0 Å². The highest BCUT2D eigenvalue weighted by atomic mass is 16.1. The van der Waals surface area contributed by atoms with Crippen LogP contribution >= 0.6 is 0 Å². The monoisotopic (exact) mass is 245 g/mol. The van der Waals surface area contributed by atoms with Crippen LogP contribution in [-0.2, 0) is 11.3 Å². The second-order valence-electron chi connectivity index (χ2n) is 3.78. The number of hydrogen-bond donors (Lipinski definition) is 2. The van der Waals surface area contributed by atoms with Gasteiger partial charge in [-0.3, -0.25) is 4.79 Å². The van der Waals surface area contributed by atoms with Crippen molar-refractivity contribution in [2.75, 3.05) is 17.7 Å². The van der Waals surface area contributed by atoms with Crippen LogP contribution in [-0.4, -0.2) is 27.5 Å². The first kappa shape index (κ1) is 12.1. The number of aryl methyl sites for hydroxylation is 1. The van der Waals surface area contributed by atoms with E-state index in [1.165, 1.54) is 0 Å². The van der Waals surface area contributed by atoms with Gasteiger partial charge in [0.2, 0.25) is 5.91 Å². The summed E-state index contributed by atoms with van der Waals surface area (Å²) in [6.07, 6.45) is 7.25. The van der Waals surface area contributed by atoms with Crippen molar-refractivity contribution in [2.45, 2.75) is 13.0 Å². The highest BCUT2D eigenvalue weighted by Gasteiger charge is 2.03. The molecule has 0 bridgehead atoms. The minimum Gasteiger partial charge on any atom is -0.373 e. The first-order valence-electron chi connectivity index (χ1n) is 5.67. The van der Waals surface area contributed by atoms with Crippen LogP contribution in [0, 0.1) is 0 Å². The fourth-order valence-corrected chi connectivity index (χ4v) is 1.49. The Kier molecular flexibility index (Phi) is 3.90. The Morgan fingerprint density at radius 3 is 2.94 bits per heavy atom. The maximum absolute atomic E-state index is 11.7. The fourth-order valence-electron chi connectivity index (χ4n) is 1.49. The predicted molar refractivity (Wildman–Crippen MR) is 69.3 cm³/mol. The fraction of sp³-hybridized carbons (Fsp3) is 0.250. The molecule has 2 heterocycles. The molecule has 1 amide bonds. The van der Waals surface area contributed by atoms with Gasteiger partial charge in [0.15, 0.2) is 0 Å². The van der Waals surface area contributed by atoms with Gasteiger partial charge in [0.1, 0.15) is 5.82 Å². The number of amides is 1. The summed E-state index contributed by atoms with van der Waals surface area (Å²) in [5.41, 5.74) is 0.699. The number of carbonyl (C=O) groups is 1. The maximum Gasteiger partial charge on any atom is 0.226 e. The number of carbonyl (C=O) groups excluding carboxylic acids is 1. The number of anilines is 2. The summed E-state index contributed by atoms with van der Waals surface area (Å²) >= 11 is 0. The van der Waals surface area contributed by atoms with Crippen molar-refractivity contribution in [3.63, 3.8) is 0 Å². The van der Waals surface area contributed by atoms with Gasteiger partial charge in [-0.1, -0.05) is 0 Å². The number of nitrogens with zero attached hydrogens (tertiary/aromatic N) is 3. The summed E-state index contributed by atoms with van der Waals surface area (Å²) < 4.78 is 1.86. The third-order valence-electron chi connectivity index (χ3n) is 2.46. The van der Waals surface area contributed by atoms with E-state index >= 15 is 0 Å². The van der Waals surface area contributed by atoms with E-state index in [1.54, 1.807) is 25.8 Å². The lowest BCUT2D eigenvalue weighted by atomic mass is 10.3. The minimum absolute atomic E-state index is 0.0392. The molecule has 0 atom stereocenters. The molecular weight excluding hydrogens is 230 g/mol. The van der Waals surface area contributed by atoms with Crippen molar-refractivity contribution < 1.29 is 4.79 Å². The lowest BCUT2D eigenvalue weighted by molar-refractivity contribution is -0.116. The molecule has 0 fully saturated rings. The van der Waals surface area contributed by atoms with E-state index in [4.69, 9.17) is 0 Å². The molecule has 94 valence electrons. The van der Waals surface area contributed by atoms with Crippen LogP contribution in [0.15, 0.2) is 37.1 Å². The normalized spacial score (nSPS) is 10.1. The lowest BCUT2D eigenvalue weighted by Crippen LogP contribution is -2.14. The molecule has 2 N–H and O–H groups in total. The van der Waals surface area contributed by atoms with Crippen molar-refractivity contribution in [1.29, 1.82) is 0 Å². The number of rotatable bonds is 5. The maximum atomic E-state index is 11.7. The molecule has 0 aliphatic carbocycles. The van der Waals surface area contributed by atoms with Gasteiger partial charge in [-0.05, 0) is 12.1 Å². The SMILES string of the molecule is CNc1ccc(NC(=O)CCn2ccnc2)cn1. The van der Waals surface area contributed by atoms with E-state index < -0.39 is 0 Å². The Morgan fingerprint density at radius 2 is 2.33 bits per heavy atom. The summed E-state index contributed by atoms with van der Waals surface area (Å²) in [4.78, 5) is 19.7. The molecule has 2 aromatic rings. The van der Waals surface area contributed by atoms with Crippen LogP contribution in [0.2, 0.25) is 0 Å². The quantitative estimate of drug-likeness (QED) is 0.834. The summed E-state index contributed by atoms with van der Waals surface area (Å²) in [5.74, 6) is 0.731. The second kappa shape index (κ2) is 5.81. The number of imidazole rings is 1. The summed E-state index contributed by atoms with van der Waals surface area (Å²) in [6.45, 7) is 0.619. The number of aromatic nitrogens is 3. The van der Waals surface area contributed by atoms with Crippen LogP contribution in [0.25, 0.3) is 0 Å². The van der Waals surface area contributed by atoms with E-state index in [0.717, 1.165) is 5.82 Å². The molecule has 0 saturated carbocycles. The van der Waals surface area contributed by atoms with Crippen molar-refractivity contribution in [1.82, 2.24) is 14.5 Å². The zero-order chi connectivity index (χ0) is 12.8. The molecule has 6 heteroatoms. The minimum atomic E-state index is -0.0392. The van der Waals surface area contributed by atoms with Gasteiger partial charge in [0.25, 0.3) is 0 Å². The Hall–Kier alpha value is -2.37. The molecule has 0 saturated heterocycles. The first-order valence-corrected chi connectivity index (χ1v) is 5.67. The van der Waals surface area contributed by atoms with Crippen molar-refractivity contribution in [2.24, 2.45) is 0 Å². The van der Waals surface area contributed by atoms with Gasteiger partial charge < -0.3 is 15.2 Å². The van der Waals surface area contributed by atoms with E-state index in [9.17, 15) is 4.79 Å². The summed E-state index contributed by atoms with van der Waals surface area (Å²) in [6, 6.07) is 3.62. The van der Waals surface area contributed by atoms with Crippen molar-refractivity contribution >= 4 is 17.4 Å². The van der Waals surface area contributed by atoms with Gasteiger partial charge in [0.05, 0.1) is 18.2 Å². The molecular formula is C12H15N5O. The largest absolute Gasteiger partial charge is 0.373 e. The Bertz CT molecular complexity index is 492. The Labute approximate surface area is 105 Å². The summed E-state index contributed by atoms with van der Waals surface area (Å²) in [5, 5.41) is 5.71. The van der Waals surface area contributed by atoms with Gasteiger partial charge in [-0.15, -0.1) is 0 Å². The molecule has 0 unspecified atom stereocenters. The van der Waals surface area contributed by atoms with Crippen LogP contribution in [0.1, 0.15) is 6.42 Å². The van der Waals surface area contributed by atoms with Crippen molar-refractivity contribution in [3.05, 3.63) is 37.1 Å². The number of nitrogens with one attached hydrogen (secondary N) is 2. The molecule has 18 heavy (non-hydrogen) atoms. The molecule has 2 aromatic heterocycles. The smallest absolute Gasteiger partial charge is 0.226 e. The van der Waals surface area contributed by atoms with Crippen LogP contribution < -0.4 is 10.6 Å². The molecule has 2 rings (SSSR count). The van der Waals surface area contributed by atoms with Crippen LogP contribution in [0.4, 0.5) is 11.5 Å². The highest BCUT2D eigenvalue weighted by molar-refractivity contribution is 5.90. The predicted octanol–water partition coefficient (Wildman–Crippen LogP) is 1.35. The molecule has 0 aliphatic heterocycles. The van der Waals surface area contributed by atoms with Gasteiger partial charge in [-0.2, -0.15) is 0 Å². The van der Waals surface area contributed by atoms with Gasteiger partial charge in [-0.25, -0.2) is 9.97 Å². The van der Waals surface area contributed by atoms with E-state index in [1.807, 2.05) is 22.9 Å². The molecule has 6 nitrogen and oxygen atoms in total. The average Bonchev–Trinajstić information content (AvgIpc) is 2.90. The molecule has 0 aromatic carbocycles. The van der Waals surface area contributed by atoms with E-state index in [-0.39, 0.29) is 5.91 Å². The lowest BCUT2D eigenvalue weighted by Gasteiger charge is -2.06. The summed E-state index contributed by atoms with van der Waals surface area (Å²) in [7, 11) is 1.80. The van der Waals surface area contributed by atoms with Crippen LogP contribution in [0.5, 0.6) is 0 Å². The Morgan fingerprint density at radius 1 is 1.44 bits per heavy atom. The zero-order valence-electron chi connectivity index (χ0n) is 10.1. The molecule has 0 aliphatic rings. The third-order valence-corrected chi connectivity index (χ3v) is 2.46. The van der Waals surface area contributed by atoms with E-state index in [2.05, 4.69) is 20.6 Å². The first-order chi connectivity index (χ1) is 8.78. The highest BCUT2D eigenvalue weighted by Crippen LogP contribution is 2.09. The van der Waals surface area contributed by atoms with E-state index in [0.29, 0.717) is 18.7 Å². The molecule has 0 spiro atoms. The standard InChI is InChI=1S/C12H15N5O/c1-13-11-3-2-10(8-15-11)16-12(18)4-6-17-7-5-14-9-17/h2-3,5,7-9H,4,6H2,1H3,(H,13,15)(H,16,18). The zero-order valence-corrected chi connectivity index (χ0v) is 10.1. The van der Waals surface area contributed by atoms with Crippen molar-refractivity contribution in [3.8, 4) is 0 Å². The Balaban J connectivity index is 1.83. The van der Waals surface area contributed by atoms with Crippen LogP contribution in [0.3, 0.4) is 0 Å². The van der Waals surface area contributed by atoms with Gasteiger partial charge in [0, 0.05) is 32.4 Å².